The highest BCUT2D eigenvalue weighted by atomic mass is 32.1. The Morgan fingerprint density at radius 3 is 2.31 bits per heavy atom. The van der Waals surface area contributed by atoms with Crippen molar-refractivity contribution in [1.29, 1.82) is 0 Å². The largest absolute Gasteiger partial charge is 0.573 e. The number of nitrogens with zero attached hydrogens (tertiary/aromatic N) is 1. The predicted octanol–water partition coefficient (Wildman–Crippen LogP) is 5.95. The normalized spacial score (nSPS) is 18.8. The van der Waals surface area contributed by atoms with Gasteiger partial charge in [-0.3, -0.25) is 4.90 Å². The van der Waals surface area contributed by atoms with Crippen molar-refractivity contribution in [3.05, 3.63) is 29.8 Å². The van der Waals surface area contributed by atoms with E-state index >= 15 is 0 Å². The number of alkyl halides is 3. The minimum Gasteiger partial charge on any atom is -0.413 e. The van der Waals surface area contributed by atoms with Crippen LogP contribution in [0.5, 0.6) is 5.75 Å². The van der Waals surface area contributed by atoms with Crippen molar-refractivity contribution in [2.45, 2.75) is 83.7 Å². The first-order chi connectivity index (χ1) is 13.7. The van der Waals surface area contributed by atoms with Crippen molar-refractivity contribution in [2.24, 2.45) is 0 Å². The Bertz CT molecular complexity index is 700. The average Bonchev–Trinajstić information content (AvgIpc) is 2.97. The van der Waals surface area contributed by atoms with E-state index in [0.717, 1.165) is 25.1 Å². The van der Waals surface area contributed by atoms with Crippen LogP contribution in [0.1, 0.15) is 52.6 Å². The van der Waals surface area contributed by atoms with Gasteiger partial charge in [-0.15, -0.1) is 13.2 Å². The molecule has 1 aliphatic rings. The lowest BCUT2D eigenvalue weighted by Crippen LogP contribution is -2.45. The minimum atomic E-state index is -4.69. The maximum absolute atomic E-state index is 12.6. The molecule has 10 heteroatoms. The Hall–Kier alpha value is -0.393. The molecule has 2 atom stereocenters. The summed E-state index contributed by atoms with van der Waals surface area (Å²) in [6, 6.07) is 6.38. The number of rotatable bonds is 8. The molecule has 0 aromatic heterocycles. The molecule has 1 N–H and O–H groups in total. The van der Waals surface area contributed by atoms with Crippen LogP contribution in [0.15, 0.2) is 24.3 Å². The van der Waals surface area contributed by atoms with Gasteiger partial charge in [0.25, 0.3) is 0 Å². The number of hydrogen-bond acceptors (Lipinski definition) is 4. The first-order valence-electron chi connectivity index (χ1n) is 10.7. The molecular formula is C22H41F3N2O2S2Si. The number of hydrogen-bond donors (Lipinski definition) is 1. The highest BCUT2D eigenvalue weighted by Gasteiger charge is 2.40. The van der Waals surface area contributed by atoms with Crippen LogP contribution in [0, 0.1) is 0 Å². The lowest BCUT2D eigenvalue weighted by Gasteiger charge is -2.38. The fourth-order valence-electron chi connectivity index (χ4n) is 3.50. The number of likely N-dealkylation sites (tertiary alicyclic amines) is 1. The SMILES string of the molecule is CC(C)N[C@H](CN1CC[C@H](O[Si](C)(C)C(C)(C)C)C1)c1cccc(OC(F)(F)F)c1.S.S. The molecule has 32 heavy (non-hydrogen) atoms. The Morgan fingerprint density at radius 2 is 1.78 bits per heavy atom. The van der Waals surface area contributed by atoms with E-state index in [-0.39, 0.29) is 56.0 Å². The van der Waals surface area contributed by atoms with Gasteiger partial charge in [0, 0.05) is 31.7 Å². The molecule has 1 fully saturated rings. The van der Waals surface area contributed by atoms with Crippen LogP contribution in [-0.2, 0) is 4.43 Å². The van der Waals surface area contributed by atoms with E-state index in [1.54, 1.807) is 6.07 Å². The molecule has 1 heterocycles. The maximum Gasteiger partial charge on any atom is 0.573 e. The molecule has 0 saturated carbocycles. The van der Waals surface area contributed by atoms with Gasteiger partial charge in [-0.25, -0.2) is 0 Å². The fourth-order valence-corrected chi connectivity index (χ4v) is 4.88. The van der Waals surface area contributed by atoms with Gasteiger partial charge in [-0.05, 0) is 42.2 Å². The Morgan fingerprint density at radius 1 is 1.16 bits per heavy atom. The van der Waals surface area contributed by atoms with Crippen molar-refractivity contribution < 1.29 is 22.3 Å². The third-order valence-corrected chi connectivity index (χ3v) is 10.5. The summed E-state index contributed by atoms with van der Waals surface area (Å²) in [4.78, 5) is 2.34. The molecule has 0 amide bonds. The summed E-state index contributed by atoms with van der Waals surface area (Å²) in [5.41, 5.74) is 0.791. The summed E-state index contributed by atoms with van der Waals surface area (Å²) < 4.78 is 48.5. The van der Waals surface area contributed by atoms with Gasteiger partial charge in [-0.2, -0.15) is 27.0 Å². The zero-order valence-corrected chi connectivity index (χ0v) is 23.3. The molecule has 0 spiro atoms. The third-order valence-electron chi connectivity index (χ3n) is 5.97. The lowest BCUT2D eigenvalue weighted by atomic mass is 10.0. The monoisotopic (exact) mass is 514 g/mol. The molecule has 0 unspecified atom stereocenters. The Kier molecular flexibility index (Phi) is 12.2. The second kappa shape index (κ2) is 12.4. The average molecular weight is 515 g/mol. The zero-order chi connectivity index (χ0) is 22.7. The van der Waals surface area contributed by atoms with Crippen LogP contribution in [0.4, 0.5) is 13.2 Å². The molecule has 0 aliphatic carbocycles. The molecule has 0 bridgehead atoms. The molecule has 0 radical (unpaired) electrons. The van der Waals surface area contributed by atoms with Gasteiger partial charge < -0.3 is 14.5 Å². The van der Waals surface area contributed by atoms with Gasteiger partial charge in [0.1, 0.15) is 5.75 Å². The van der Waals surface area contributed by atoms with Crippen molar-refractivity contribution in [1.82, 2.24) is 10.2 Å². The van der Waals surface area contributed by atoms with Crippen LogP contribution >= 0.6 is 27.0 Å². The second-order valence-electron chi connectivity index (χ2n) is 10.0. The summed E-state index contributed by atoms with van der Waals surface area (Å²) >= 11 is 0. The standard InChI is InChI=1S/C22H37F3N2O2Si.2H2S/c1-16(2)26-20(17-9-8-10-18(13-17)28-22(23,24)25)15-27-12-11-19(14-27)29-30(6,7)21(3,4)5;;/h8-10,13,16,19-20,26H,11-12,14-15H2,1-7H3;2*1H2/t19-,20+;;/m0../s1. The van der Waals surface area contributed by atoms with Gasteiger partial charge >= 0.3 is 6.36 Å². The van der Waals surface area contributed by atoms with E-state index in [9.17, 15) is 13.2 Å². The number of benzene rings is 1. The predicted molar refractivity (Wildman–Crippen MR) is 138 cm³/mol. The van der Waals surface area contributed by atoms with Crippen LogP contribution < -0.4 is 10.1 Å². The number of nitrogens with one attached hydrogen (secondary N) is 1. The van der Waals surface area contributed by atoms with Gasteiger partial charge in [0.15, 0.2) is 8.32 Å². The van der Waals surface area contributed by atoms with Crippen LogP contribution in [0.3, 0.4) is 0 Å². The molecule has 188 valence electrons. The minimum absolute atomic E-state index is 0. The molecule has 4 nitrogen and oxygen atoms in total. The van der Waals surface area contributed by atoms with Crippen molar-refractivity contribution in [3.8, 4) is 5.75 Å². The summed E-state index contributed by atoms with van der Waals surface area (Å²) in [6.45, 7) is 17.8. The van der Waals surface area contributed by atoms with Gasteiger partial charge in [-0.1, -0.05) is 46.8 Å². The smallest absolute Gasteiger partial charge is 0.413 e. The van der Waals surface area contributed by atoms with Crippen molar-refractivity contribution in [3.63, 3.8) is 0 Å². The van der Waals surface area contributed by atoms with E-state index in [4.69, 9.17) is 4.43 Å². The van der Waals surface area contributed by atoms with E-state index in [0.29, 0.717) is 6.54 Å². The highest BCUT2D eigenvalue weighted by Crippen LogP contribution is 2.38. The highest BCUT2D eigenvalue weighted by molar-refractivity contribution is 7.59. The number of halogens is 3. The number of ether oxygens (including phenoxy) is 1. The molecule has 1 aromatic rings. The first kappa shape index (κ1) is 31.6. The van der Waals surface area contributed by atoms with Gasteiger partial charge in [0.2, 0.25) is 0 Å². The van der Waals surface area contributed by atoms with E-state index < -0.39 is 14.7 Å². The molecule has 2 rings (SSSR count). The molecule has 1 saturated heterocycles. The molecular weight excluding hydrogens is 473 g/mol. The van der Waals surface area contributed by atoms with Crippen LogP contribution in [-0.4, -0.2) is 51.4 Å². The molecule has 1 aliphatic heterocycles. The Labute approximate surface area is 206 Å². The van der Waals surface area contributed by atoms with E-state index in [1.165, 1.54) is 12.1 Å². The van der Waals surface area contributed by atoms with E-state index in [2.05, 4.69) is 48.8 Å². The maximum atomic E-state index is 12.6. The van der Waals surface area contributed by atoms with Crippen LogP contribution in [0.25, 0.3) is 0 Å². The zero-order valence-electron chi connectivity index (χ0n) is 20.3. The Balaban J connectivity index is 0.00000480. The second-order valence-corrected chi connectivity index (χ2v) is 14.8. The van der Waals surface area contributed by atoms with Crippen molar-refractivity contribution >= 4 is 35.3 Å². The quantitative estimate of drug-likeness (QED) is 0.435. The van der Waals surface area contributed by atoms with Crippen LogP contribution in [0.2, 0.25) is 18.1 Å². The molecule has 1 aromatic carbocycles. The summed E-state index contributed by atoms with van der Waals surface area (Å²) in [7, 11) is -1.83. The first-order valence-corrected chi connectivity index (χ1v) is 13.6. The van der Waals surface area contributed by atoms with Gasteiger partial charge in [0.05, 0.1) is 6.10 Å². The lowest BCUT2D eigenvalue weighted by molar-refractivity contribution is -0.274. The summed E-state index contributed by atoms with van der Waals surface area (Å²) in [6.07, 6.45) is -3.49. The summed E-state index contributed by atoms with van der Waals surface area (Å²) in [5, 5.41) is 3.66. The van der Waals surface area contributed by atoms with Crippen molar-refractivity contribution in [2.75, 3.05) is 19.6 Å². The summed E-state index contributed by atoms with van der Waals surface area (Å²) in [5.74, 6) is -0.184. The third kappa shape index (κ3) is 9.85. The van der Waals surface area contributed by atoms with E-state index in [1.807, 2.05) is 19.9 Å². The fraction of sp³-hybridized carbons (Fsp3) is 0.727. The topological polar surface area (TPSA) is 33.7 Å².